The molecule has 1 N–H and O–H groups in total. The monoisotopic (exact) mass is 743 g/mol. The average Bonchev–Trinajstić information content (AvgIpc) is 3.68. The second kappa shape index (κ2) is 14.2. The minimum atomic E-state index is -1.14. The minimum Gasteiger partial charge on any atom is -0.457 e. The molecule has 4 aliphatic heterocycles. The SMILES string of the molecule is CC.CC(=O)OC(C1CCC2C(CC3C4CCC5C(C)(C)C(OC6CN(C7CCN(C8COC8)CC7)CCO6)CCC56CC46CCC23C)O1)C(C)(C)O. The Labute approximate surface area is 320 Å². The second-order valence-electron chi connectivity index (χ2n) is 20.4. The van der Waals surface area contributed by atoms with Crippen molar-refractivity contribution in [3.8, 4) is 0 Å². The fourth-order valence-corrected chi connectivity index (χ4v) is 14.9. The Balaban J connectivity index is 0.00000197. The molecule has 5 saturated carbocycles. The van der Waals surface area contributed by atoms with Gasteiger partial charge in [-0.25, -0.2) is 0 Å². The van der Waals surface area contributed by atoms with Crippen LogP contribution in [0, 0.1) is 45.3 Å². The Kier molecular flexibility index (Phi) is 10.5. The van der Waals surface area contributed by atoms with E-state index in [4.69, 9.17) is 23.7 Å². The molecule has 9 rings (SSSR count). The number of aliphatic hydroxyl groups is 1. The van der Waals surface area contributed by atoms with Crippen molar-refractivity contribution in [2.24, 2.45) is 45.3 Å². The molecule has 0 amide bonds. The highest BCUT2D eigenvalue weighted by Gasteiger charge is 2.80. The Morgan fingerprint density at radius 2 is 1.58 bits per heavy atom. The first-order chi connectivity index (χ1) is 25.2. The smallest absolute Gasteiger partial charge is 0.303 e. The van der Waals surface area contributed by atoms with Gasteiger partial charge in [-0.05, 0) is 136 Å². The summed E-state index contributed by atoms with van der Waals surface area (Å²) in [7, 11) is 0. The largest absolute Gasteiger partial charge is 0.457 e. The number of likely N-dealkylation sites (tertiary alicyclic amines) is 1. The normalized spacial score (nSPS) is 46.2. The number of nitrogens with zero attached hydrogens (tertiary/aromatic N) is 2. The number of hydrogen-bond donors (Lipinski definition) is 1. The molecule has 0 aromatic rings. The van der Waals surface area contributed by atoms with Gasteiger partial charge in [0.05, 0.1) is 49.8 Å². The van der Waals surface area contributed by atoms with Crippen LogP contribution in [0.3, 0.4) is 0 Å². The summed E-state index contributed by atoms with van der Waals surface area (Å²) >= 11 is 0. The molecule has 0 aromatic heterocycles. The maximum atomic E-state index is 12.0. The predicted octanol–water partition coefficient (Wildman–Crippen LogP) is 6.83. The van der Waals surface area contributed by atoms with Gasteiger partial charge >= 0.3 is 5.97 Å². The van der Waals surface area contributed by atoms with Gasteiger partial charge in [0.2, 0.25) is 0 Å². The number of rotatable bonds is 7. The third-order valence-electron chi connectivity index (χ3n) is 17.4. The minimum absolute atomic E-state index is 0.113. The molecule has 0 aromatic carbocycles. The second-order valence-corrected chi connectivity index (χ2v) is 20.4. The summed E-state index contributed by atoms with van der Waals surface area (Å²) in [4.78, 5) is 17.3. The molecular formula is C44H74N2O7. The number of hydrogen-bond acceptors (Lipinski definition) is 9. The highest BCUT2D eigenvalue weighted by molar-refractivity contribution is 5.66. The molecule has 2 spiro atoms. The summed E-state index contributed by atoms with van der Waals surface area (Å²) in [6, 6.07) is 1.30. The van der Waals surface area contributed by atoms with E-state index in [1.165, 1.54) is 71.4 Å². The Morgan fingerprint density at radius 3 is 2.26 bits per heavy atom. The van der Waals surface area contributed by atoms with E-state index in [1.54, 1.807) is 13.8 Å². The summed E-state index contributed by atoms with van der Waals surface area (Å²) in [6.07, 6.45) is 14.3. The number of carbonyl (C=O) groups is 1. The van der Waals surface area contributed by atoms with E-state index < -0.39 is 11.7 Å². The van der Waals surface area contributed by atoms with Gasteiger partial charge in [0.25, 0.3) is 0 Å². The van der Waals surface area contributed by atoms with Crippen LogP contribution in [0.15, 0.2) is 0 Å². The van der Waals surface area contributed by atoms with Crippen molar-refractivity contribution >= 4 is 5.97 Å². The van der Waals surface area contributed by atoms with Gasteiger partial charge in [0, 0.05) is 39.1 Å². The van der Waals surface area contributed by atoms with E-state index in [9.17, 15) is 9.90 Å². The summed E-state index contributed by atoms with van der Waals surface area (Å²) < 4.78 is 31.5. The topological polar surface area (TPSA) is 89.9 Å². The van der Waals surface area contributed by atoms with E-state index in [2.05, 4.69) is 30.6 Å². The molecule has 302 valence electrons. The summed E-state index contributed by atoms with van der Waals surface area (Å²) in [5, 5.41) is 10.9. The van der Waals surface area contributed by atoms with E-state index in [1.807, 2.05) is 13.8 Å². The molecule has 53 heavy (non-hydrogen) atoms. The van der Waals surface area contributed by atoms with Crippen LogP contribution in [0.5, 0.6) is 0 Å². The zero-order valence-corrected chi connectivity index (χ0v) is 34.6. The van der Waals surface area contributed by atoms with Crippen molar-refractivity contribution < 1.29 is 33.6 Å². The van der Waals surface area contributed by atoms with Crippen molar-refractivity contribution in [3.05, 3.63) is 0 Å². The van der Waals surface area contributed by atoms with Gasteiger partial charge in [-0.2, -0.15) is 0 Å². The van der Waals surface area contributed by atoms with Crippen molar-refractivity contribution in [1.82, 2.24) is 9.80 Å². The molecule has 4 saturated heterocycles. The number of ether oxygens (including phenoxy) is 5. The molecule has 0 bridgehead atoms. The zero-order valence-electron chi connectivity index (χ0n) is 34.6. The van der Waals surface area contributed by atoms with E-state index >= 15 is 0 Å². The number of piperidine rings is 1. The molecule has 0 radical (unpaired) electrons. The first kappa shape index (κ1) is 39.0. The average molecular weight is 743 g/mol. The number of morpholine rings is 1. The van der Waals surface area contributed by atoms with E-state index in [-0.39, 0.29) is 36.0 Å². The predicted molar refractivity (Wildman–Crippen MR) is 204 cm³/mol. The number of fused-ring (bicyclic) bond motifs is 4. The van der Waals surface area contributed by atoms with Gasteiger partial charge in [-0.1, -0.05) is 34.6 Å². The Bertz CT molecular complexity index is 1320. The first-order valence-electron chi connectivity index (χ1n) is 22.1. The fourth-order valence-electron chi connectivity index (χ4n) is 14.9. The van der Waals surface area contributed by atoms with E-state index in [0.717, 1.165) is 64.5 Å². The van der Waals surface area contributed by atoms with Crippen LogP contribution in [-0.2, 0) is 28.5 Å². The van der Waals surface area contributed by atoms with Crippen molar-refractivity contribution in [1.29, 1.82) is 0 Å². The van der Waals surface area contributed by atoms with Crippen LogP contribution in [0.4, 0.5) is 0 Å². The Morgan fingerprint density at radius 1 is 0.849 bits per heavy atom. The summed E-state index contributed by atoms with van der Waals surface area (Å²) in [5.74, 6) is 2.40. The number of carbonyl (C=O) groups excluding carboxylic acids is 1. The van der Waals surface area contributed by atoms with Gasteiger partial charge in [0.15, 0.2) is 12.4 Å². The first-order valence-corrected chi connectivity index (χ1v) is 22.1. The third kappa shape index (κ3) is 6.39. The fraction of sp³-hybridized carbons (Fsp3) is 0.977. The Hall–Kier alpha value is -0.810. The van der Waals surface area contributed by atoms with Gasteiger partial charge < -0.3 is 28.8 Å². The lowest BCUT2D eigenvalue weighted by Crippen LogP contribution is -2.58. The highest BCUT2D eigenvalue weighted by atomic mass is 16.7. The lowest BCUT2D eigenvalue weighted by molar-refractivity contribution is -0.248. The lowest BCUT2D eigenvalue weighted by atomic mass is 9.46. The van der Waals surface area contributed by atoms with Crippen molar-refractivity contribution in [2.45, 2.75) is 181 Å². The maximum absolute atomic E-state index is 12.0. The lowest BCUT2D eigenvalue weighted by Gasteiger charge is -2.60. The molecule has 9 heteroatoms. The quantitative estimate of drug-likeness (QED) is 0.282. The molecule has 9 fully saturated rings. The number of esters is 1. The van der Waals surface area contributed by atoms with Gasteiger partial charge in [-0.3, -0.25) is 14.6 Å². The van der Waals surface area contributed by atoms with E-state index in [0.29, 0.717) is 46.1 Å². The highest BCUT2D eigenvalue weighted by Crippen LogP contribution is 2.87. The molecule has 9 nitrogen and oxygen atoms in total. The maximum Gasteiger partial charge on any atom is 0.303 e. The van der Waals surface area contributed by atoms with Crippen LogP contribution < -0.4 is 0 Å². The van der Waals surface area contributed by atoms with Crippen LogP contribution in [0.25, 0.3) is 0 Å². The molecular weight excluding hydrogens is 668 g/mol. The standard InChI is InChI=1S/C42H68N2O7.C2H6/c1-26(45)49-37(39(4,5)46)32-9-7-30-33(50-32)21-31-29-8-10-34-38(2,3)35(11-14-42(34)25-41(29,42)16-15-40(30,31)6)51-36-22-44(19-20-48-36)27-12-17-43(18-13-27)28-23-47-24-28;1-2/h27-37,46H,7-25H2,1-6H3;1-2H3. The van der Waals surface area contributed by atoms with Gasteiger partial charge in [-0.15, -0.1) is 0 Å². The van der Waals surface area contributed by atoms with Crippen LogP contribution in [-0.4, -0.2) is 115 Å². The van der Waals surface area contributed by atoms with Crippen molar-refractivity contribution in [2.75, 3.05) is 46.0 Å². The van der Waals surface area contributed by atoms with Gasteiger partial charge in [0.1, 0.15) is 0 Å². The molecule has 12 atom stereocenters. The molecule has 4 heterocycles. The third-order valence-corrected chi connectivity index (χ3v) is 17.4. The molecule has 5 aliphatic carbocycles. The van der Waals surface area contributed by atoms with Crippen LogP contribution in [0.1, 0.15) is 132 Å². The van der Waals surface area contributed by atoms with Crippen LogP contribution >= 0.6 is 0 Å². The summed E-state index contributed by atoms with van der Waals surface area (Å²) in [6.45, 7) is 23.6. The molecule has 12 unspecified atom stereocenters. The molecule has 9 aliphatic rings. The van der Waals surface area contributed by atoms with Crippen molar-refractivity contribution in [3.63, 3.8) is 0 Å². The zero-order chi connectivity index (χ0) is 37.6. The summed E-state index contributed by atoms with van der Waals surface area (Å²) in [5.41, 5.74) is 0.274. The van der Waals surface area contributed by atoms with Crippen LogP contribution in [0.2, 0.25) is 0 Å².